The van der Waals surface area contributed by atoms with E-state index in [9.17, 15) is 9.18 Å². The highest BCUT2D eigenvalue weighted by atomic mass is 79.9. The summed E-state index contributed by atoms with van der Waals surface area (Å²) in [6.07, 6.45) is 4.71. The fourth-order valence-corrected chi connectivity index (χ4v) is 3.12. The van der Waals surface area contributed by atoms with Crippen LogP contribution >= 0.6 is 15.9 Å². The summed E-state index contributed by atoms with van der Waals surface area (Å²) in [6, 6.07) is 2.95. The number of aliphatic imine (C=N–C) groups is 1. The number of hydrogen-bond donors (Lipinski definition) is 0. The van der Waals surface area contributed by atoms with Gasteiger partial charge in [0.15, 0.2) is 0 Å². The number of rotatable bonds is 3. The minimum absolute atomic E-state index is 0.361. The first-order valence-corrected chi connectivity index (χ1v) is 6.55. The number of hydrogen-bond acceptors (Lipinski definition) is 3. The zero-order chi connectivity index (χ0) is 13.2. The molecule has 96 valence electrons. The van der Waals surface area contributed by atoms with Gasteiger partial charge >= 0.3 is 0 Å². The van der Waals surface area contributed by atoms with E-state index in [1.165, 1.54) is 13.2 Å². The third-order valence-electron chi connectivity index (χ3n) is 3.42. The molecule has 5 heteroatoms. The van der Waals surface area contributed by atoms with E-state index in [2.05, 4.69) is 20.9 Å². The lowest BCUT2D eigenvalue weighted by Crippen LogP contribution is -2.22. The molecular weight excluding hydrogens is 301 g/mol. The predicted octanol–water partition coefficient (Wildman–Crippen LogP) is 3.70. The van der Waals surface area contributed by atoms with Crippen LogP contribution in [0.4, 0.5) is 4.39 Å². The quantitative estimate of drug-likeness (QED) is 0.630. The SMILES string of the molecule is COc1c(Br)ccc(F)c1C1(N=C=O)CCCC1. The summed E-state index contributed by atoms with van der Waals surface area (Å²) in [6.45, 7) is 0. The Morgan fingerprint density at radius 2 is 2.11 bits per heavy atom. The number of nitrogens with zero attached hydrogens (tertiary/aromatic N) is 1. The van der Waals surface area contributed by atoms with Crippen molar-refractivity contribution in [3.8, 4) is 5.75 Å². The lowest BCUT2D eigenvalue weighted by Gasteiger charge is -2.26. The van der Waals surface area contributed by atoms with Crippen LogP contribution in [0.15, 0.2) is 21.6 Å². The first kappa shape index (κ1) is 13.2. The molecule has 0 spiro atoms. The Bertz CT molecular complexity index is 506. The van der Waals surface area contributed by atoms with E-state index in [1.54, 1.807) is 12.1 Å². The molecule has 1 aromatic carbocycles. The molecular formula is C13H13BrFNO2. The molecule has 0 unspecified atom stereocenters. The van der Waals surface area contributed by atoms with Gasteiger partial charge in [-0.05, 0) is 40.9 Å². The molecule has 3 nitrogen and oxygen atoms in total. The van der Waals surface area contributed by atoms with E-state index in [4.69, 9.17) is 4.74 Å². The van der Waals surface area contributed by atoms with E-state index in [-0.39, 0.29) is 0 Å². The number of methoxy groups -OCH3 is 1. The van der Waals surface area contributed by atoms with E-state index in [0.717, 1.165) is 12.8 Å². The van der Waals surface area contributed by atoms with Gasteiger partial charge < -0.3 is 4.74 Å². The van der Waals surface area contributed by atoms with Crippen LogP contribution in [-0.2, 0) is 10.3 Å². The summed E-state index contributed by atoms with van der Waals surface area (Å²) < 4.78 is 20.1. The van der Waals surface area contributed by atoms with E-state index >= 15 is 0 Å². The van der Waals surface area contributed by atoms with Crippen LogP contribution in [0.2, 0.25) is 0 Å². The normalized spacial score (nSPS) is 17.3. The molecule has 0 aromatic heterocycles. The van der Waals surface area contributed by atoms with Gasteiger partial charge in [0, 0.05) is 0 Å². The highest BCUT2D eigenvalue weighted by Gasteiger charge is 2.41. The smallest absolute Gasteiger partial charge is 0.235 e. The van der Waals surface area contributed by atoms with Gasteiger partial charge in [0.05, 0.1) is 17.1 Å². The summed E-state index contributed by atoms with van der Waals surface area (Å²) in [5.74, 6) is 0.0202. The molecule has 1 aromatic rings. The second-order valence-electron chi connectivity index (χ2n) is 4.38. The fourth-order valence-electron chi connectivity index (χ4n) is 2.63. The monoisotopic (exact) mass is 313 g/mol. The summed E-state index contributed by atoms with van der Waals surface area (Å²) in [5.41, 5.74) is -0.457. The van der Waals surface area contributed by atoms with Crippen LogP contribution in [0.25, 0.3) is 0 Å². The largest absolute Gasteiger partial charge is 0.495 e. The Balaban J connectivity index is 2.68. The van der Waals surface area contributed by atoms with Crippen molar-refractivity contribution in [1.29, 1.82) is 0 Å². The molecule has 0 N–H and O–H groups in total. The highest BCUT2D eigenvalue weighted by Crippen LogP contribution is 2.48. The average molecular weight is 314 g/mol. The van der Waals surface area contributed by atoms with Crippen LogP contribution in [0.5, 0.6) is 5.75 Å². The highest BCUT2D eigenvalue weighted by molar-refractivity contribution is 9.10. The van der Waals surface area contributed by atoms with E-state index < -0.39 is 11.4 Å². The molecule has 0 aliphatic heterocycles. The summed E-state index contributed by atoms with van der Waals surface area (Å²) in [5, 5.41) is 0. The Labute approximate surface area is 113 Å². The first-order valence-electron chi connectivity index (χ1n) is 5.76. The lowest BCUT2D eigenvalue weighted by atomic mass is 9.87. The van der Waals surface area contributed by atoms with Crippen LogP contribution in [0, 0.1) is 5.82 Å². The Morgan fingerprint density at radius 3 is 2.67 bits per heavy atom. The van der Waals surface area contributed by atoms with Crippen molar-refractivity contribution in [2.24, 2.45) is 4.99 Å². The second kappa shape index (κ2) is 5.21. The summed E-state index contributed by atoms with van der Waals surface area (Å²) >= 11 is 3.33. The maximum absolute atomic E-state index is 14.1. The maximum atomic E-state index is 14.1. The molecule has 18 heavy (non-hydrogen) atoms. The van der Waals surface area contributed by atoms with E-state index in [0.29, 0.717) is 28.6 Å². The van der Waals surface area contributed by atoms with Gasteiger partial charge in [-0.15, -0.1) is 0 Å². The van der Waals surface area contributed by atoms with Crippen molar-refractivity contribution in [3.05, 3.63) is 28.0 Å². The molecule has 0 atom stereocenters. The number of halogens is 2. The first-order chi connectivity index (χ1) is 8.64. The van der Waals surface area contributed by atoms with Crippen molar-refractivity contribution in [3.63, 3.8) is 0 Å². The molecule has 1 aliphatic carbocycles. The molecule has 2 rings (SSSR count). The Hall–Kier alpha value is -1.19. The fraction of sp³-hybridized carbons (Fsp3) is 0.462. The average Bonchev–Trinajstić information content (AvgIpc) is 2.81. The Kier molecular flexibility index (Phi) is 3.83. The molecule has 0 bridgehead atoms. The number of benzene rings is 1. The number of carbonyl (C=O) groups excluding carboxylic acids is 1. The summed E-state index contributed by atoms with van der Waals surface area (Å²) in [7, 11) is 1.48. The summed E-state index contributed by atoms with van der Waals surface area (Å²) in [4.78, 5) is 14.6. The molecule has 1 fully saturated rings. The molecule has 0 saturated heterocycles. The van der Waals surface area contributed by atoms with Gasteiger partial charge in [-0.25, -0.2) is 9.18 Å². The van der Waals surface area contributed by atoms with Crippen molar-refractivity contribution >= 4 is 22.0 Å². The van der Waals surface area contributed by atoms with Gasteiger partial charge in [0.1, 0.15) is 17.1 Å². The van der Waals surface area contributed by atoms with Gasteiger partial charge in [-0.2, -0.15) is 4.99 Å². The third kappa shape index (κ3) is 2.08. The van der Waals surface area contributed by atoms with Gasteiger partial charge in [0.2, 0.25) is 6.08 Å². The van der Waals surface area contributed by atoms with Crippen molar-refractivity contribution in [1.82, 2.24) is 0 Å². The lowest BCUT2D eigenvalue weighted by molar-refractivity contribution is 0.363. The van der Waals surface area contributed by atoms with Crippen molar-refractivity contribution < 1.29 is 13.9 Å². The minimum atomic E-state index is -0.818. The molecule has 0 radical (unpaired) electrons. The van der Waals surface area contributed by atoms with E-state index in [1.807, 2.05) is 0 Å². The van der Waals surface area contributed by atoms with Crippen LogP contribution in [-0.4, -0.2) is 13.2 Å². The van der Waals surface area contributed by atoms with Crippen molar-refractivity contribution in [2.45, 2.75) is 31.2 Å². The molecule has 0 amide bonds. The topological polar surface area (TPSA) is 38.7 Å². The van der Waals surface area contributed by atoms with Gasteiger partial charge in [-0.3, -0.25) is 0 Å². The molecule has 0 heterocycles. The standard InChI is InChI=1S/C13H13BrFNO2/c1-18-12-9(14)4-5-10(15)11(12)13(16-8-17)6-2-3-7-13/h4-5H,2-3,6-7H2,1H3. The third-order valence-corrected chi connectivity index (χ3v) is 4.04. The predicted molar refractivity (Wildman–Crippen MR) is 68.9 cm³/mol. The van der Waals surface area contributed by atoms with Gasteiger partial charge in [-0.1, -0.05) is 12.8 Å². The second-order valence-corrected chi connectivity index (χ2v) is 5.23. The van der Waals surface area contributed by atoms with Gasteiger partial charge in [0.25, 0.3) is 0 Å². The minimum Gasteiger partial charge on any atom is -0.495 e. The number of isocyanates is 1. The van der Waals surface area contributed by atoms with Crippen LogP contribution in [0.1, 0.15) is 31.2 Å². The van der Waals surface area contributed by atoms with Crippen molar-refractivity contribution in [2.75, 3.05) is 7.11 Å². The maximum Gasteiger partial charge on any atom is 0.235 e. The zero-order valence-electron chi connectivity index (χ0n) is 10.0. The number of ether oxygens (including phenoxy) is 1. The van der Waals surface area contributed by atoms with Crippen LogP contribution in [0.3, 0.4) is 0 Å². The molecule has 1 saturated carbocycles. The zero-order valence-corrected chi connectivity index (χ0v) is 11.6. The van der Waals surface area contributed by atoms with Crippen LogP contribution < -0.4 is 4.74 Å². The Morgan fingerprint density at radius 1 is 1.44 bits per heavy atom. The molecule has 1 aliphatic rings.